The predicted molar refractivity (Wildman–Crippen MR) is 140 cm³/mol. The Kier molecular flexibility index (Phi) is 8.96. The monoisotopic (exact) mass is 582 g/mol. The first kappa shape index (κ1) is 27.6. The van der Waals surface area contributed by atoms with Crippen molar-refractivity contribution in [2.75, 3.05) is 19.0 Å². The number of nitriles is 1. The van der Waals surface area contributed by atoms with E-state index < -0.39 is 27.1 Å². The van der Waals surface area contributed by atoms with Gasteiger partial charge in [-0.1, -0.05) is 6.07 Å². The number of nitrogens with one attached hydrogen (secondary N) is 1. The molecule has 0 saturated carbocycles. The van der Waals surface area contributed by atoms with Crippen molar-refractivity contribution in [3.05, 3.63) is 90.4 Å². The Balaban J connectivity index is 1.92. The summed E-state index contributed by atoms with van der Waals surface area (Å²) in [5, 5.41) is 34.7. The number of amides is 1. The lowest BCUT2D eigenvalue weighted by Crippen LogP contribution is -2.13. The maximum absolute atomic E-state index is 12.7. The SMILES string of the molecule is CCOc1cccc(NC(=O)/C(C#N)=C/c2cc(Br)c(Oc3ccc([N+](=O)[O-])cc3[N+](=O)[O-])c(OC)c2)c1. The number of methoxy groups -OCH3 is 1. The minimum atomic E-state index is -0.804. The molecular formula is C25H19BrN4O8. The molecular weight excluding hydrogens is 564 g/mol. The highest BCUT2D eigenvalue weighted by Gasteiger charge is 2.23. The lowest BCUT2D eigenvalue weighted by atomic mass is 10.1. The van der Waals surface area contributed by atoms with E-state index in [9.17, 15) is 30.3 Å². The van der Waals surface area contributed by atoms with Gasteiger partial charge in [-0.25, -0.2) is 0 Å². The van der Waals surface area contributed by atoms with Crippen molar-refractivity contribution in [2.45, 2.75) is 6.92 Å². The summed E-state index contributed by atoms with van der Waals surface area (Å²) in [7, 11) is 1.33. The third kappa shape index (κ3) is 6.62. The van der Waals surface area contributed by atoms with Gasteiger partial charge in [-0.3, -0.25) is 25.0 Å². The number of nitrogens with zero attached hydrogens (tertiary/aromatic N) is 3. The van der Waals surface area contributed by atoms with Crippen LogP contribution in [0.3, 0.4) is 0 Å². The van der Waals surface area contributed by atoms with Gasteiger partial charge < -0.3 is 19.5 Å². The summed E-state index contributed by atoms with van der Waals surface area (Å²) < 4.78 is 16.7. The van der Waals surface area contributed by atoms with Crippen LogP contribution in [0.5, 0.6) is 23.0 Å². The van der Waals surface area contributed by atoms with Gasteiger partial charge in [-0.15, -0.1) is 0 Å². The number of ether oxygens (including phenoxy) is 3. The van der Waals surface area contributed by atoms with Crippen LogP contribution < -0.4 is 19.5 Å². The zero-order valence-corrected chi connectivity index (χ0v) is 21.6. The second kappa shape index (κ2) is 12.3. The predicted octanol–water partition coefficient (Wildman–Crippen LogP) is 6.01. The topological polar surface area (TPSA) is 167 Å². The molecule has 13 heteroatoms. The molecule has 0 spiro atoms. The molecule has 0 aliphatic heterocycles. The largest absolute Gasteiger partial charge is 0.494 e. The maximum atomic E-state index is 12.7. The van der Waals surface area contributed by atoms with E-state index in [1.54, 1.807) is 24.3 Å². The van der Waals surface area contributed by atoms with Crippen LogP contribution in [0.1, 0.15) is 12.5 Å². The Hall–Kier alpha value is -4.96. The van der Waals surface area contributed by atoms with Gasteiger partial charge in [-0.05, 0) is 64.8 Å². The van der Waals surface area contributed by atoms with Gasteiger partial charge in [0.05, 0.1) is 34.1 Å². The zero-order chi connectivity index (χ0) is 27.8. The average Bonchev–Trinajstić information content (AvgIpc) is 2.88. The Morgan fingerprint density at radius 1 is 1.11 bits per heavy atom. The fraction of sp³-hybridized carbons (Fsp3) is 0.120. The van der Waals surface area contributed by atoms with Crippen LogP contribution >= 0.6 is 15.9 Å². The number of carbonyl (C=O) groups excluding carboxylic acids is 1. The van der Waals surface area contributed by atoms with Crippen molar-refractivity contribution in [3.63, 3.8) is 0 Å². The number of halogens is 1. The van der Waals surface area contributed by atoms with Crippen molar-refractivity contribution in [1.82, 2.24) is 0 Å². The van der Waals surface area contributed by atoms with E-state index in [1.807, 2.05) is 13.0 Å². The Labute approximate surface area is 224 Å². The first-order valence-corrected chi connectivity index (χ1v) is 11.6. The third-order valence-corrected chi connectivity index (χ3v) is 5.48. The molecule has 0 aliphatic rings. The molecule has 12 nitrogen and oxygen atoms in total. The van der Waals surface area contributed by atoms with Crippen LogP contribution in [0, 0.1) is 31.6 Å². The Morgan fingerprint density at radius 3 is 2.50 bits per heavy atom. The Morgan fingerprint density at radius 2 is 1.87 bits per heavy atom. The molecule has 3 rings (SSSR count). The highest BCUT2D eigenvalue weighted by atomic mass is 79.9. The number of benzene rings is 3. The molecule has 0 atom stereocenters. The first-order valence-electron chi connectivity index (χ1n) is 10.8. The Bertz CT molecular complexity index is 1480. The highest BCUT2D eigenvalue weighted by molar-refractivity contribution is 9.10. The number of non-ortho nitro benzene ring substituents is 1. The van der Waals surface area contributed by atoms with E-state index in [4.69, 9.17) is 14.2 Å². The number of hydrogen-bond donors (Lipinski definition) is 1. The number of rotatable bonds is 10. The van der Waals surface area contributed by atoms with Crippen molar-refractivity contribution >= 4 is 45.0 Å². The van der Waals surface area contributed by atoms with E-state index >= 15 is 0 Å². The van der Waals surface area contributed by atoms with Gasteiger partial charge in [0.2, 0.25) is 5.75 Å². The lowest BCUT2D eigenvalue weighted by molar-refractivity contribution is -0.394. The molecule has 0 bridgehead atoms. The molecule has 0 fully saturated rings. The van der Waals surface area contributed by atoms with Crippen molar-refractivity contribution < 1.29 is 28.9 Å². The second-order valence-corrected chi connectivity index (χ2v) is 8.24. The van der Waals surface area contributed by atoms with Crippen molar-refractivity contribution in [3.8, 4) is 29.1 Å². The summed E-state index contributed by atoms with van der Waals surface area (Å²) in [6.45, 7) is 2.28. The molecule has 1 amide bonds. The third-order valence-electron chi connectivity index (χ3n) is 4.89. The number of nitro groups is 2. The van der Waals surface area contributed by atoms with Gasteiger partial charge >= 0.3 is 5.69 Å². The highest BCUT2D eigenvalue weighted by Crippen LogP contribution is 2.43. The van der Waals surface area contributed by atoms with Crippen molar-refractivity contribution in [2.24, 2.45) is 0 Å². The van der Waals surface area contributed by atoms with Crippen LogP contribution in [0.4, 0.5) is 17.1 Å². The minimum Gasteiger partial charge on any atom is -0.494 e. The summed E-state index contributed by atoms with van der Waals surface area (Å²) in [6.07, 6.45) is 1.33. The van der Waals surface area contributed by atoms with Crippen LogP contribution in [-0.4, -0.2) is 29.5 Å². The summed E-state index contributed by atoms with van der Waals surface area (Å²) in [5.74, 6) is -0.199. The van der Waals surface area contributed by atoms with Gasteiger partial charge in [0.15, 0.2) is 11.5 Å². The molecule has 0 unspecified atom stereocenters. The van der Waals surface area contributed by atoms with E-state index in [2.05, 4.69) is 21.2 Å². The smallest absolute Gasteiger partial charge is 0.318 e. The number of nitro benzene ring substituents is 2. The van der Waals surface area contributed by atoms with Crippen LogP contribution in [0.25, 0.3) is 6.08 Å². The zero-order valence-electron chi connectivity index (χ0n) is 20.0. The fourth-order valence-electron chi connectivity index (χ4n) is 3.22. The lowest BCUT2D eigenvalue weighted by Gasteiger charge is -2.13. The molecule has 0 saturated heterocycles. The van der Waals surface area contributed by atoms with Crippen molar-refractivity contribution in [1.29, 1.82) is 5.26 Å². The summed E-state index contributed by atoms with van der Waals surface area (Å²) in [5.41, 5.74) is -0.472. The number of hydrogen-bond acceptors (Lipinski definition) is 9. The van der Waals surface area contributed by atoms with E-state index in [0.29, 0.717) is 23.6 Å². The summed E-state index contributed by atoms with van der Waals surface area (Å²) >= 11 is 3.31. The van der Waals surface area contributed by atoms with Crippen LogP contribution in [0.2, 0.25) is 0 Å². The van der Waals surface area contributed by atoms with Gasteiger partial charge in [0.25, 0.3) is 11.6 Å². The molecule has 0 heterocycles. The van der Waals surface area contributed by atoms with Crippen LogP contribution in [0.15, 0.2) is 64.6 Å². The van der Waals surface area contributed by atoms with Gasteiger partial charge in [0.1, 0.15) is 17.4 Å². The normalized spacial score (nSPS) is 10.7. The van der Waals surface area contributed by atoms with E-state index in [-0.39, 0.29) is 27.3 Å². The molecule has 0 aromatic heterocycles. The molecule has 3 aromatic rings. The summed E-state index contributed by atoms with van der Waals surface area (Å²) in [6, 6.07) is 14.5. The second-order valence-electron chi connectivity index (χ2n) is 7.39. The first-order chi connectivity index (χ1) is 18.2. The molecule has 38 heavy (non-hydrogen) atoms. The van der Waals surface area contributed by atoms with Gasteiger partial charge in [-0.2, -0.15) is 5.26 Å². The molecule has 1 N–H and O–H groups in total. The minimum absolute atomic E-state index is 0.0392. The molecule has 3 aromatic carbocycles. The summed E-state index contributed by atoms with van der Waals surface area (Å²) in [4.78, 5) is 33.6. The number of carbonyl (C=O) groups is 1. The molecule has 0 radical (unpaired) electrons. The quantitative estimate of drug-likeness (QED) is 0.130. The number of anilines is 1. The van der Waals surface area contributed by atoms with Crippen LogP contribution in [-0.2, 0) is 4.79 Å². The van der Waals surface area contributed by atoms with Gasteiger partial charge in [0, 0.05) is 17.8 Å². The van der Waals surface area contributed by atoms with E-state index in [1.165, 1.54) is 25.3 Å². The standard InChI is InChI=1S/C25H19BrN4O8/c1-3-37-19-6-4-5-17(12-19)28-25(31)16(14-27)9-15-10-20(26)24(23(11-15)36-2)38-22-8-7-18(29(32)33)13-21(22)30(34)35/h4-13H,3H2,1-2H3,(H,28,31)/b16-9+. The maximum Gasteiger partial charge on any atom is 0.318 e. The molecule has 194 valence electrons. The fourth-order valence-corrected chi connectivity index (χ4v) is 3.77. The molecule has 0 aliphatic carbocycles. The average molecular weight is 583 g/mol. The van der Waals surface area contributed by atoms with E-state index in [0.717, 1.165) is 18.2 Å².